The van der Waals surface area contributed by atoms with Crippen LogP contribution in [0.3, 0.4) is 0 Å². The number of hydrogen-bond donors (Lipinski definition) is 3. The highest BCUT2D eigenvalue weighted by atomic mass is 16.2. The summed E-state index contributed by atoms with van der Waals surface area (Å²) < 4.78 is 0. The minimum Gasteiger partial charge on any atom is -0.338 e. The number of rotatable bonds is 5. The van der Waals surface area contributed by atoms with Gasteiger partial charge in [-0.3, -0.25) is 9.59 Å². The molecule has 1 aromatic carbocycles. The Kier molecular flexibility index (Phi) is 5.96. The molecule has 6 nitrogen and oxygen atoms in total. The Bertz CT molecular complexity index is 934. The lowest BCUT2D eigenvalue weighted by Crippen LogP contribution is -2.57. The van der Waals surface area contributed by atoms with Crippen molar-refractivity contribution in [2.24, 2.45) is 5.73 Å². The zero-order valence-corrected chi connectivity index (χ0v) is 16.1. The summed E-state index contributed by atoms with van der Waals surface area (Å²) in [6.07, 6.45) is 4.77. The Hall–Kier alpha value is -2.91. The van der Waals surface area contributed by atoms with Crippen molar-refractivity contribution in [1.82, 2.24) is 10.3 Å². The first-order valence-electron chi connectivity index (χ1n) is 9.70. The highest BCUT2D eigenvalue weighted by Crippen LogP contribution is 2.26. The predicted octanol–water partition coefficient (Wildman–Crippen LogP) is 2.56. The molecule has 1 saturated carbocycles. The van der Waals surface area contributed by atoms with Crippen molar-refractivity contribution >= 4 is 5.91 Å². The number of aromatic amines is 1. The van der Waals surface area contributed by atoms with Crippen LogP contribution in [0.4, 0.5) is 0 Å². The van der Waals surface area contributed by atoms with E-state index in [1.807, 2.05) is 31.2 Å². The van der Waals surface area contributed by atoms with Gasteiger partial charge in [0.2, 0.25) is 11.5 Å². The molecular weight excluding hydrogens is 352 g/mol. The number of nitrogens with two attached hydrogens (primary N) is 1. The lowest BCUT2D eigenvalue weighted by Gasteiger charge is -2.32. The van der Waals surface area contributed by atoms with Crippen molar-refractivity contribution in [3.63, 3.8) is 0 Å². The molecule has 1 fully saturated rings. The number of aryl methyl sites for hydroxylation is 1. The molecule has 1 aromatic heterocycles. The van der Waals surface area contributed by atoms with Crippen molar-refractivity contribution in [3.8, 4) is 17.2 Å². The monoisotopic (exact) mass is 378 g/mol. The fraction of sp³-hybridized carbons (Fsp3) is 0.409. The average molecular weight is 378 g/mol. The number of amides is 1. The third kappa shape index (κ3) is 4.49. The number of aromatic nitrogens is 1. The molecule has 6 heteroatoms. The lowest BCUT2D eigenvalue weighted by molar-refractivity contribution is -0.127. The fourth-order valence-corrected chi connectivity index (χ4v) is 3.79. The first kappa shape index (κ1) is 19.8. The maximum Gasteiger partial charge on any atom is 0.248 e. The van der Waals surface area contributed by atoms with Crippen LogP contribution in [0, 0.1) is 18.3 Å². The van der Waals surface area contributed by atoms with Gasteiger partial charge in [0.1, 0.15) is 6.04 Å². The largest absolute Gasteiger partial charge is 0.338 e. The van der Waals surface area contributed by atoms with Crippen molar-refractivity contribution in [2.45, 2.75) is 57.0 Å². The Labute approximate surface area is 164 Å². The Morgan fingerprint density at radius 2 is 1.89 bits per heavy atom. The van der Waals surface area contributed by atoms with Gasteiger partial charge in [0, 0.05) is 23.7 Å². The minimum absolute atomic E-state index is 0.124. The molecule has 1 heterocycles. The smallest absolute Gasteiger partial charge is 0.248 e. The second kappa shape index (κ2) is 8.41. The number of carbonyl (C=O) groups is 1. The van der Waals surface area contributed by atoms with Crippen LogP contribution in [0.15, 0.2) is 41.2 Å². The molecule has 3 rings (SSSR count). The summed E-state index contributed by atoms with van der Waals surface area (Å²) >= 11 is 0. The van der Waals surface area contributed by atoms with E-state index in [1.165, 1.54) is 6.07 Å². The van der Waals surface area contributed by atoms with Crippen LogP contribution in [0.5, 0.6) is 0 Å². The SMILES string of the molecule is Cc1[nH]c(=O)ccc1-c1ccc(C[C@@H](C#N)NC(=O)C2(N)CCCCC2)cc1. The molecule has 0 bridgehead atoms. The standard InChI is InChI=1S/C22H26N4O2/c1-15-19(9-10-20(27)25-15)17-7-5-16(6-8-17)13-18(14-23)26-21(28)22(24)11-3-2-4-12-22/h5-10,18H,2-4,11-13,24H2,1H3,(H,25,27)(H,26,28)/t18-/m0/s1. The fourth-order valence-electron chi connectivity index (χ4n) is 3.79. The molecule has 0 saturated heterocycles. The number of benzene rings is 1. The third-order valence-corrected chi connectivity index (χ3v) is 5.48. The zero-order chi connectivity index (χ0) is 20.1. The minimum atomic E-state index is -0.848. The number of H-pyrrole nitrogens is 1. The molecule has 1 aliphatic carbocycles. The van der Waals surface area contributed by atoms with Gasteiger partial charge in [-0.25, -0.2) is 0 Å². The summed E-state index contributed by atoms with van der Waals surface area (Å²) in [5, 5.41) is 12.3. The average Bonchev–Trinajstić information content (AvgIpc) is 2.69. The summed E-state index contributed by atoms with van der Waals surface area (Å²) in [6, 6.07) is 12.7. The quantitative estimate of drug-likeness (QED) is 0.742. The number of nitrogens with zero attached hydrogens (tertiary/aromatic N) is 1. The highest BCUT2D eigenvalue weighted by molar-refractivity contribution is 5.86. The lowest BCUT2D eigenvalue weighted by atomic mass is 9.81. The summed E-state index contributed by atoms with van der Waals surface area (Å²) in [5.74, 6) is -0.223. The highest BCUT2D eigenvalue weighted by Gasteiger charge is 2.36. The van der Waals surface area contributed by atoms with Crippen LogP contribution in [0.25, 0.3) is 11.1 Å². The molecule has 0 spiro atoms. The van der Waals surface area contributed by atoms with Gasteiger partial charge in [-0.2, -0.15) is 5.26 Å². The van der Waals surface area contributed by atoms with Gasteiger partial charge in [-0.15, -0.1) is 0 Å². The van der Waals surface area contributed by atoms with Crippen molar-refractivity contribution in [3.05, 3.63) is 58.0 Å². The van der Waals surface area contributed by atoms with E-state index in [2.05, 4.69) is 16.4 Å². The van der Waals surface area contributed by atoms with Crippen molar-refractivity contribution < 1.29 is 4.79 Å². The normalized spacial score (nSPS) is 16.8. The van der Waals surface area contributed by atoms with Crippen molar-refractivity contribution in [1.29, 1.82) is 5.26 Å². The van der Waals surface area contributed by atoms with E-state index in [-0.39, 0.29) is 11.5 Å². The molecule has 1 atom stereocenters. The van der Waals surface area contributed by atoms with Crippen LogP contribution < -0.4 is 16.6 Å². The van der Waals surface area contributed by atoms with Gasteiger partial charge in [0.05, 0.1) is 11.6 Å². The Morgan fingerprint density at radius 1 is 1.21 bits per heavy atom. The van der Waals surface area contributed by atoms with Crippen LogP contribution in [0.2, 0.25) is 0 Å². The molecule has 28 heavy (non-hydrogen) atoms. The molecule has 2 aromatic rings. The van der Waals surface area contributed by atoms with Gasteiger partial charge in [0.25, 0.3) is 0 Å². The summed E-state index contributed by atoms with van der Waals surface area (Å²) in [5.41, 5.74) is 8.99. The van der Waals surface area contributed by atoms with E-state index in [4.69, 9.17) is 5.73 Å². The van der Waals surface area contributed by atoms with E-state index >= 15 is 0 Å². The Morgan fingerprint density at radius 3 is 2.50 bits per heavy atom. The second-order valence-corrected chi connectivity index (χ2v) is 7.63. The van der Waals surface area contributed by atoms with E-state index in [9.17, 15) is 14.9 Å². The van der Waals surface area contributed by atoms with Gasteiger partial charge < -0.3 is 16.0 Å². The first-order valence-corrected chi connectivity index (χ1v) is 9.70. The molecule has 0 unspecified atom stereocenters. The second-order valence-electron chi connectivity index (χ2n) is 7.63. The maximum absolute atomic E-state index is 12.6. The van der Waals surface area contributed by atoms with Gasteiger partial charge in [-0.1, -0.05) is 43.5 Å². The van der Waals surface area contributed by atoms with Gasteiger partial charge >= 0.3 is 0 Å². The van der Waals surface area contributed by atoms with E-state index < -0.39 is 11.6 Å². The van der Waals surface area contributed by atoms with Gasteiger partial charge in [-0.05, 0) is 37.0 Å². The number of nitriles is 1. The number of hydrogen-bond acceptors (Lipinski definition) is 4. The molecule has 1 amide bonds. The summed E-state index contributed by atoms with van der Waals surface area (Å²) in [6.45, 7) is 1.86. The topological polar surface area (TPSA) is 112 Å². The van der Waals surface area contributed by atoms with E-state index in [1.54, 1.807) is 6.07 Å². The van der Waals surface area contributed by atoms with Crippen molar-refractivity contribution in [2.75, 3.05) is 0 Å². The van der Waals surface area contributed by atoms with Crippen LogP contribution in [0.1, 0.15) is 43.4 Å². The number of carbonyl (C=O) groups excluding carboxylic acids is 1. The summed E-state index contributed by atoms with van der Waals surface area (Å²) in [7, 11) is 0. The third-order valence-electron chi connectivity index (χ3n) is 5.48. The van der Waals surface area contributed by atoms with E-state index in [0.29, 0.717) is 19.3 Å². The zero-order valence-electron chi connectivity index (χ0n) is 16.1. The molecule has 0 aliphatic heterocycles. The molecule has 146 valence electrons. The Balaban J connectivity index is 1.67. The van der Waals surface area contributed by atoms with Crippen LogP contribution >= 0.6 is 0 Å². The molecule has 0 radical (unpaired) electrons. The summed E-state index contributed by atoms with van der Waals surface area (Å²) in [4.78, 5) is 26.7. The number of pyridine rings is 1. The first-order chi connectivity index (χ1) is 13.4. The van der Waals surface area contributed by atoms with E-state index in [0.717, 1.165) is 41.6 Å². The number of nitrogens with one attached hydrogen (secondary N) is 2. The van der Waals surface area contributed by atoms with Crippen LogP contribution in [-0.2, 0) is 11.2 Å². The molecule has 4 N–H and O–H groups in total. The van der Waals surface area contributed by atoms with Crippen LogP contribution in [-0.4, -0.2) is 22.5 Å². The molecular formula is C22H26N4O2. The predicted molar refractivity (Wildman–Crippen MR) is 108 cm³/mol. The molecule has 1 aliphatic rings. The van der Waals surface area contributed by atoms with Gasteiger partial charge in [0.15, 0.2) is 0 Å². The maximum atomic E-state index is 12.6.